The van der Waals surface area contributed by atoms with Crippen molar-refractivity contribution < 1.29 is 29.0 Å². The molecule has 1 unspecified atom stereocenters. The van der Waals surface area contributed by atoms with Gasteiger partial charge in [0, 0.05) is 6.54 Å². The van der Waals surface area contributed by atoms with Crippen LogP contribution in [0.5, 0.6) is 0 Å². The number of benzene rings is 1. The van der Waals surface area contributed by atoms with Crippen molar-refractivity contribution in [1.82, 2.24) is 24.8 Å². The van der Waals surface area contributed by atoms with Gasteiger partial charge in [0.15, 0.2) is 0 Å². The van der Waals surface area contributed by atoms with E-state index in [0.717, 1.165) is 24.8 Å². The van der Waals surface area contributed by atoms with Crippen molar-refractivity contribution in [2.45, 2.75) is 76.4 Å². The number of ether oxygens (including phenoxy) is 2. The predicted octanol–water partition coefficient (Wildman–Crippen LogP) is 2.45. The predicted molar refractivity (Wildman–Crippen MR) is 152 cm³/mol. The summed E-state index contributed by atoms with van der Waals surface area (Å²) >= 11 is 0. The second-order valence-corrected chi connectivity index (χ2v) is 12.5. The lowest BCUT2D eigenvalue weighted by Gasteiger charge is -2.40. The lowest BCUT2D eigenvalue weighted by Crippen LogP contribution is -2.59. The maximum Gasteiger partial charge on any atom is 0.313 e. The molecule has 2 amide bonds. The first kappa shape index (κ1) is 28.5. The van der Waals surface area contributed by atoms with Crippen molar-refractivity contribution in [3.63, 3.8) is 0 Å². The minimum atomic E-state index is -1.42. The number of hydrogen-bond acceptors (Lipinski definition) is 8. The van der Waals surface area contributed by atoms with Gasteiger partial charge in [0.2, 0.25) is 5.91 Å². The van der Waals surface area contributed by atoms with Crippen LogP contribution in [0.4, 0.5) is 0 Å². The number of hydrogen-bond donors (Lipinski definition) is 1. The molecule has 5 heterocycles. The third kappa shape index (κ3) is 4.53. The van der Waals surface area contributed by atoms with E-state index in [2.05, 4.69) is 10.3 Å². The van der Waals surface area contributed by atoms with E-state index in [9.17, 15) is 19.5 Å². The van der Waals surface area contributed by atoms with E-state index in [1.54, 1.807) is 22.6 Å². The monoisotopic (exact) mass is 577 g/mol. The first-order valence-electron chi connectivity index (χ1n) is 14.9. The summed E-state index contributed by atoms with van der Waals surface area (Å²) in [5.74, 6) is -3.00. The number of rotatable bonds is 6. The van der Waals surface area contributed by atoms with Crippen LogP contribution in [0, 0.1) is 17.8 Å². The highest BCUT2D eigenvalue weighted by atomic mass is 16.6. The maximum absolute atomic E-state index is 14.7. The summed E-state index contributed by atoms with van der Waals surface area (Å²) in [5, 5.41) is 19.0. The number of esters is 1. The van der Waals surface area contributed by atoms with E-state index in [0.29, 0.717) is 11.9 Å². The molecular formula is C31H39N5O6. The van der Waals surface area contributed by atoms with Crippen LogP contribution >= 0.6 is 0 Å². The van der Waals surface area contributed by atoms with Gasteiger partial charge in [-0.1, -0.05) is 55.5 Å². The quantitative estimate of drug-likeness (QED) is 0.410. The van der Waals surface area contributed by atoms with Gasteiger partial charge >= 0.3 is 5.97 Å². The fraction of sp³-hybridized carbons (Fsp3) is 0.581. The van der Waals surface area contributed by atoms with Crippen LogP contribution in [0.25, 0.3) is 11.0 Å². The molecule has 2 aromatic rings. The fourth-order valence-electron chi connectivity index (χ4n) is 7.31. The van der Waals surface area contributed by atoms with Gasteiger partial charge in [-0.05, 0) is 50.7 Å². The first-order chi connectivity index (χ1) is 20.2. The average molecular weight is 578 g/mol. The van der Waals surface area contributed by atoms with Gasteiger partial charge in [0.05, 0.1) is 36.3 Å². The van der Waals surface area contributed by atoms with E-state index in [4.69, 9.17) is 9.47 Å². The molecule has 0 saturated carbocycles. The average Bonchev–Trinajstić information content (AvgIpc) is 3.52. The second-order valence-electron chi connectivity index (χ2n) is 12.5. The number of para-hydroxylation sites is 1. The van der Waals surface area contributed by atoms with Crippen molar-refractivity contribution >= 4 is 28.8 Å². The summed E-state index contributed by atoms with van der Waals surface area (Å²) in [7, 11) is 0. The molecule has 6 atom stereocenters. The molecule has 1 aromatic heterocycles. The number of carbonyl (C=O) groups excluding carboxylic acids is 3. The summed E-state index contributed by atoms with van der Waals surface area (Å²) in [6.45, 7) is 6.13. The number of nitrogens with zero attached hydrogens (tertiary/aromatic N) is 5. The number of aliphatic hydroxyl groups is 1. The van der Waals surface area contributed by atoms with Gasteiger partial charge in [-0.15, -0.1) is 5.10 Å². The number of carbonyl (C=O) groups is 3. The van der Waals surface area contributed by atoms with Gasteiger partial charge in [-0.25, -0.2) is 4.68 Å². The Morgan fingerprint density at radius 3 is 2.67 bits per heavy atom. The van der Waals surface area contributed by atoms with Crippen LogP contribution < -0.4 is 0 Å². The lowest BCUT2D eigenvalue weighted by molar-refractivity contribution is -0.162. The Morgan fingerprint density at radius 1 is 1.07 bits per heavy atom. The summed E-state index contributed by atoms with van der Waals surface area (Å²) in [4.78, 5) is 46.0. The minimum absolute atomic E-state index is 0.111. The topological polar surface area (TPSA) is 127 Å². The van der Waals surface area contributed by atoms with Crippen LogP contribution in [-0.4, -0.2) is 90.7 Å². The van der Waals surface area contributed by atoms with Gasteiger partial charge in [-0.2, -0.15) is 0 Å². The second kappa shape index (κ2) is 10.9. The normalized spacial score (nSPS) is 32.9. The molecule has 4 aliphatic heterocycles. The zero-order chi connectivity index (χ0) is 29.6. The highest BCUT2D eigenvalue weighted by molar-refractivity contribution is 5.99. The van der Waals surface area contributed by atoms with Crippen LogP contribution in [0.1, 0.15) is 46.5 Å². The van der Waals surface area contributed by atoms with E-state index in [1.807, 2.05) is 56.3 Å². The zero-order valence-electron chi connectivity index (χ0n) is 24.4. The van der Waals surface area contributed by atoms with Crippen LogP contribution in [-0.2, 0) is 30.5 Å². The van der Waals surface area contributed by atoms with E-state index >= 15 is 0 Å². The Balaban J connectivity index is 1.46. The Bertz CT molecular complexity index is 1440. The number of likely N-dealkylation sites (tertiary alicyclic amines) is 1. The van der Waals surface area contributed by atoms with E-state index < -0.39 is 41.1 Å². The lowest BCUT2D eigenvalue weighted by atomic mass is 9.74. The molecule has 0 radical (unpaired) electrons. The molecule has 1 aromatic carbocycles. The summed E-state index contributed by atoms with van der Waals surface area (Å²) < 4.78 is 14.2. The Labute approximate surface area is 245 Å². The van der Waals surface area contributed by atoms with Gasteiger partial charge < -0.3 is 24.4 Å². The molecule has 0 bridgehead atoms. The van der Waals surface area contributed by atoms with Crippen molar-refractivity contribution in [2.75, 3.05) is 19.8 Å². The highest BCUT2D eigenvalue weighted by Gasteiger charge is 2.75. The summed E-state index contributed by atoms with van der Waals surface area (Å²) in [6, 6.07) is 5.79. The molecule has 11 heteroatoms. The Kier molecular flexibility index (Phi) is 7.43. The molecular weight excluding hydrogens is 538 g/mol. The third-order valence-electron chi connectivity index (χ3n) is 9.09. The van der Waals surface area contributed by atoms with Crippen LogP contribution in [0.15, 0.2) is 48.6 Å². The Hall–Kier alpha value is -3.57. The number of fused-ring (bicyclic) bond motifs is 3. The summed E-state index contributed by atoms with van der Waals surface area (Å²) in [5.41, 5.74) is -1.09. The molecule has 11 nitrogen and oxygen atoms in total. The number of aromatic nitrogens is 3. The van der Waals surface area contributed by atoms with Gasteiger partial charge in [-0.3, -0.25) is 14.4 Å². The Morgan fingerprint density at radius 2 is 1.88 bits per heavy atom. The molecule has 6 rings (SSSR count). The SMILES string of the molecule is CC(C)C[C@H](CO)N1C(=O)[C@@H]2[C@@H]3C(=O)OCCCC/C=C\[C@]3(C)O[C@@]23C=CCN(Cn2nnc4ccccc42)C(=O)C13. The van der Waals surface area contributed by atoms with Crippen molar-refractivity contribution in [1.29, 1.82) is 0 Å². The molecule has 0 aliphatic carbocycles. The number of cyclic esters (lactones) is 1. The van der Waals surface area contributed by atoms with Crippen molar-refractivity contribution in [3.05, 3.63) is 48.6 Å². The molecule has 1 N–H and O–H groups in total. The molecule has 2 saturated heterocycles. The van der Waals surface area contributed by atoms with E-state index in [1.165, 1.54) is 4.90 Å². The third-order valence-corrected chi connectivity index (χ3v) is 9.09. The number of amides is 2. The standard InChI is InChI=1S/C31H39N5O6/c1-20(2)17-21(18-37)36-26-28(39)34(19-35-23-12-7-6-11-22(23)32-33-35)15-10-14-31(26)24(27(36)38)25-29(40)41-16-9-5-4-8-13-30(25,3)42-31/h6-8,10-14,20-21,24-26,37H,4-5,9,15-19H2,1-3H3/b13-8-/t21-,24+,25-,26?,30+,31+/m1/s1. The maximum atomic E-state index is 14.7. The largest absolute Gasteiger partial charge is 0.465 e. The molecule has 224 valence electrons. The first-order valence-corrected chi connectivity index (χ1v) is 14.9. The highest BCUT2D eigenvalue weighted by Crippen LogP contribution is 2.57. The van der Waals surface area contributed by atoms with Gasteiger partial charge in [0.25, 0.3) is 5.91 Å². The fourth-order valence-corrected chi connectivity index (χ4v) is 7.31. The van der Waals surface area contributed by atoms with Crippen LogP contribution in [0.2, 0.25) is 0 Å². The zero-order valence-corrected chi connectivity index (χ0v) is 24.4. The number of allylic oxidation sites excluding steroid dienone is 1. The molecule has 4 aliphatic rings. The van der Waals surface area contributed by atoms with E-state index in [-0.39, 0.29) is 44.2 Å². The summed E-state index contributed by atoms with van der Waals surface area (Å²) in [6.07, 6.45) is 10.4. The smallest absolute Gasteiger partial charge is 0.313 e. The molecule has 1 spiro atoms. The molecule has 42 heavy (non-hydrogen) atoms. The van der Waals surface area contributed by atoms with Crippen LogP contribution in [0.3, 0.4) is 0 Å². The van der Waals surface area contributed by atoms with Crippen molar-refractivity contribution in [2.24, 2.45) is 17.8 Å². The van der Waals surface area contributed by atoms with Gasteiger partial charge in [0.1, 0.15) is 29.7 Å². The van der Waals surface area contributed by atoms with Crippen molar-refractivity contribution in [3.8, 4) is 0 Å². The minimum Gasteiger partial charge on any atom is -0.465 e. The number of aliphatic hydroxyl groups excluding tert-OH is 1. The molecule has 2 fully saturated rings.